The van der Waals surface area contributed by atoms with Gasteiger partial charge in [0.2, 0.25) is 17.7 Å². The fourth-order valence-electron chi connectivity index (χ4n) is 5.09. The number of amides is 3. The number of aliphatic carboxylic acids is 1. The molecule has 3 atom stereocenters. The van der Waals surface area contributed by atoms with Gasteiger partial charge in [-0.3, -0.25) is 14.4 Å². The Morgan fingerprint density at radius 3 is 1.85 bits per heavy atom. The Labute approximate surface area is 273 Å². The van der Waals surface area contributed by atoms with Crippen LogP contribution >= 0.6 is 0 Å². The highest BCUT2D eigenvalue weighted by molar-refractivity contribution is 5.92. The highest BCUT2D eigenvalue weighted by Crippen LogP contribution is 2.20. The molecule has 0 radical (unpaired) electrons. The van der Waals surface area contributed by atoms with Crippen molar-refractivity contribution in [3.8, 4) is 16.9 Å². The lowest BCUT2D eigenvalue weighted by Crippen LogP contribution is -2.55. The van der Waals surface area contributed by atoms with Gasteiger partial charge >= 0.3 is 5.97 Å². The molecule has 4 aromatic carbocycles. The van der Waals surface area contributed by atoms with Crippen LogP contribution in [0.15, 0.2) is 103 Å². The summed E-state index contributed by atoms with van der Waals surface area (Å²) in [6.07, 6.45) is 0.569. The second-order valence-electron chi connectivity index (χ2n) is 11.3. The van der Waals surface area contributed by atoms with Crippen LogP contribution in [0.5, 0.6) is 5.75 Å². The summed E-state index contributed by atoms with van der Waals surface area (Å²) >= 11 is 0. The van der Waals surface area contributed by atoms with Crippen LogP contribution < -0.4 is 20.7 Å². The van der Waals surface area contributed by atoms with Gasteiger partial charge in [0.05, 0.1) is 0 Å². The number of rotatable bonds is 15. The predicted octanol–water partition coefficient (Wildman–Crippen LogP) is 4.34. The zero-order valence-electron chi connectivity index (χ0n) is 26.2. The minimum Gasteiger partial charge on any atom is -0.482 e. The van der Waals surface area contributed by atoms with E-state index in [9.17, 15) is 23.6 Å². The van der Waals surface area contributed by atoms with Crippen LogP contribution in [0.2, 0.25) is 0 Å². The Kier molecular flexibility index (Phi) is 12.2. The number of benzene rings is 4. The summed E-state index contributed by atoms with van der Waals surface area (Å²) in [5, 5.41) is 17.1. The van der Waals surface area contributed by atoms with Crippen molar-refractivity contribution in [1.29, 1.82) is 0 Å². The fraction of sp³-hybridized carbons (Fsp3) is 0.243. The fourth-order valence-corrected chi connectivity index (χ4v) is 5.09. The zero-order valence-corrected chi connectivity index (χ0v) is 26.2. The molecule has 0 aromatic heterocycles. The van der Waals surface area contributed by atoms with Gasteiger partial charge in [-0.25, -0.2) is 9.18 Å². The standard InChI is InChI=1S/C37H38FN3O6/c1-24(19-27-7-6-10-30(38)20-27)35(44)40-33(22-25-11-15-29(16-12-25)28-8-4-3-5-9-28)37(46)41-32(36(45)39-2)21-26-13-17-31(18-14-26)47-23-34(42)43/h3-18,20,24,32-33H,19,21-23H2,1-2H3,(H,39,45)(H,40,44)(H,41,46)(H,42,43)/t24-,32-,33-/m0/s1. The van der Waals surface area contributed by atoms with Gasteiger partial charge in [0.1, 0.15) is 23.7 Å². The minimum absolute atomic E-state index is 0.132. The largest absolute Gasteiger partial charge is 0.482 e. The summed E-state index contributed by atoms with van der Waals surface area (Å²) in [6, 6.07) is 28.1. The molecule has 0 bridgehead atoms. The first-order valence-corrected chi connectivity index (χ1v) is 15.3. The number of ether oxygens (including phenoxy) is 1. The Bertz CT molecular complexity index is 1660. The number of carbonyl (C=O) groups is 4. The molecule has 0 aliphatic heterocycles. The molecule has 0 fully saturated rings. The normalized spacial score (nSPS) is 12.7. The third-order valence-corrected chi connectivity index (χ3v) is 7.62. The minimum atomic E-state index is -1.10. The van der Waals surface area contributed by atoms with Gasteiger partial charge in [-0.15, -0.1) is 0 Å². The van der Waals surface area contributed by atoms with Crippen molar-refractivity contribution in [2.24, 2.45) is 5.92 Å². The average Bonchev–Trinajstić information content (AvgIpc) is 3.07. The maximum Gasteiger partial charge on any atom is 0.341 e. The molecule has 10 heteroatoms. The number of hydrogen-bond acceptors (Lipinski definition) is 5. The first-order valence-electron chi connectivity index (χ1n) is 15.3. The smallest absolute Gasteiger partial charge is 0.341 e. The summed E-state index contributed by atoms with van der Waals surface area (Å²) in [6.45, 7) is 1.22. The molecule has 0 saturated heterocycles. The number of carbonyl (C=O) groups excluding carboxylic acids is 3. The maximum atomic E-state index is 13.8. The summed E-state index contributed by atoms with van der Waals surface area (Å²) in [5.74, 6) is -3.07. The van der Waals surface area contributed by atoms with Crippen molar-refractivity contribution in [2.45, 2.75) is 38.3 Å². The first-order chi connectivity index (χ1) is 22.6. The Balaban J connectivity index is 1.51. The summed E-state index contributed by atoms with van der Waals surface area (Å²) < 4.78 is 18.9. The third kappa shape index (κ3) is 10.5. The van der Waals surface area contributed by atoms with Gasteiger partial charge in [0, 0.05) is 25.8 Å². The maximum absolute atomic E-state index is 13.8. The van der Waals surface area contributed by atoms with E-state index in [1.165, 1.54) is 19.2 Å². The topological polar surface area (TPSA) is 134 Å². The van der Waals surface area contributed by atoms with Gasteiger partial charge in [-0.1, -0.05) is 85.8 Å². The first kappa shape index (κ1) is 34.4. The molecule has 0 unspecified atom stereocenters. The second-order valence-corrected chi connectivity index (χ2v) is 11.3. The molecule has 0 spiro atoms. The van der Waals surface area contributed by atoms with E-state index < -0.39 is 48.2 Å². The van der Waals surface area contributed by atoms with Crippen molar-refractivity contribution in [3.63, 3.8) is 0 Å². The molecule has 0 aliphatic rings. The van der Waals surface area contributed by atoms with Crippen LogP contribution in [0, 0.1) is 11.7 Å². The molecule has 9 nitrogen and oxygen atoms in total. The molecule has 0 heterocycles. The molecule has 0 saturated carbocycles. The van der Waals surface area contributed by atoms with E-state index in [0.29, 0.717) is 16.9 Å². The van der Waals surface area contributed by atoms with Crippen LogP contribution in [0.3, 0.4) is 0 Å². The van der Waals surface area contributed by atoms with E-state index in [0.717, 1.165) is 16.7 Å². The number of halogens is 1. The third-order valence-electron chi connectivity index (χ3n) is 7.62. The van der Waals surface area contributed by atoms with Gasteiger partial charge in [-0.2, -0.15) is 0 Å². The number of likely N-dealkylation sites (N-methyl/N-ethyl adjacent to an activating group) is 1. The zero-order chi connectivity index (χ0) is 33.8. The Morgan fingerprint density at radius 1 is 0.681 bits per heavy atom. The van der Waals surface area contributed by atoms with Crippen LogP contribution in [0.1, 0.15) is 23.6 Å². The van der Waals surface area contributed by atoms with E-state index in [4.69, 9.17) is 9.84 Å². The number of carboxylic acids is 1. The van der Waals surface area contributed by atoms with Crippen molar-refractivity contribution >= 4 is 23.7 Å². The van der Waals surface area contributed by atoms with Gasteiger partial charge in [0.15, 0.2) is 6.61 Å². The predicted molar refractivity (Wildman–Crippen MR) is 176 cm³/mol. The van der Waals surface area contributed by atoms with Gasteiger partial charge < -0.3 is 25.8 Å². The molecular weight excluding hydrogens is 601 g/mol. The number of carboxylic acid groups (broad SMARTS) is 1. The van der Waals surface area contributed by atoms with Crippen LogP contribution in [0.4, 0.5) is 4.39 Å². The monoisotopic (exact) mass is 639 g/mol. The SMILES string of the molecule is CNC(=O)[C@H](Cc1ccc(OCC(=O)O)cc1)NC(=O)[C@H](Cc1ccc(-c2ccccc2)cc1)NC(=O)[C@@H](C)Cc1cccc(F)c1. The van der Waals surface area contributed by atoms with Crippen molar-refractivity contribution in [1.82, 2.24) is 16.0 Å². The lowest BCUT2D eigenvalue weighted by atomic mass is 9.97. The molecular formula is C37H38FN3O6. The Hall–Kier alpha value is -5.51. The highest BCUT2D eigenvalue weighted by atomic mass is 19.1. The number of hydrogen-bond donors (Lipinski definition) is 4. The Morgan fingerprint density at radius 2 is 1.26 bits per heavy atom. The van der Waals surface area contributed by atoms with E-state index in [2.05, 4.69) is 16.0 Å². The molecule has 4 rings (SSSR count). The van der Waals surface area contributed by atoms with Gasteiger partial charge in [0.25, 0.3) is 0 Å². The summed E-state index contributed by atoms with van der Waals surface area (Å²) in [7, 11) is 1.46. The number of nitrogens with one attached hydrogen (secondary N) is 3. The van der Waals surface area contributed by atoms with Crippen molar-refractivity contribution in [2.75, 3.05) is 13.7 Å². The van der Waals surface area contributed by atoms with Gasteiger partial charge in [-0.05, 0) is 58.5 Å². The molecule has 3 amide bonds. The summed E-state index contributed by atoms with van der Waals surface area (Å²) in [4.78, 5) is 50.8. The lowest BCUT2D eigenvalue weighted by molar-refractivity contribution is -0.139. The van der Waals surface area contributed by atoms with E-state index >= 15 is 0 Å². The van der Waals surface area contributed by atoms with Crippen LogP contribution in [-0.2, 0) is 38.4 Å². The summed E-state index contributed by atoms with van der Waals surface area (Å²) in [5.41, 5.74) is 4.20. The van der Waals surface area contributed by atoms with E-state index in [-0.39, 0.29) is 25.2 Å². The van der Waals surface area contributed by atoms with Crippen molar-refractivity contribution < 1.29 is 33.4 Å². The molecule has 4 N–H and O–H groups in total. The van der Waals surface area contributed by atoms with Crippen molar-refractivity contribution in [3.05, 3.63) is 126 Å². The molecule has 4 aromatic rings. The average molecular weight is 640 g/mol. The van der Waals surface area contributed by atoms with Crippen LogP contribution in [-0.4, -0.2) is 54.5 Å². The quantitative estimate of drug-likeness (QED) is 0.153. The molecule has 0 aliphatic carbocycles. The lowest BCUT2D eigenvalue weighted by Gasteiger charge is -2.24. The second kappa shape index (κ2) is 16.7. The van der Waals surface area contributed by atoms with E-state index in [1.807, 2.05) is 54.6 Å². The molecule has 244 valence electrons. The van der Waals surface area contributed by atoms with E-state index in [1.54, 1.807) is 43.3 Å². The van der Waals surface area contributed by atoms with Crippen LogP contribution in [0.25, 0.3) is 11.1 Å². The molecule has 47 heavy (non-hydrogen) atoms. The highest BCUT2D eigenvalue weighted by Gasteiger charge is 2.28.